The number of rotatable bonds is 2. The van der Waals surface area contributed by atoms with Crippen LogP contribution in [0, 0.1) is 0 Å². The predicted octanol–water partition coefficient (Wildman–Crippen LogP) is 1.76. The molecule has 0 bridgehead atoms. The number of furan rings is 1. The Kier molecular flexibility index (Phi) is 2.71. The van der Waals surface area contributed by atoms with Crippen LogP contribution in [0.1, 0.15) is 6.42 Å². The van der Waals surface area contributed by atoms with Crippen LogP contribution in [0.5, 0.6) is 0 Å². The first-order valence-electron chi connectivity index (χ1n) is 7.13. The van der Waals surface area contributed by atoms with E-state index < -0.39 is 0 Å². The monoisotopic (exact) mass is 283 g/mol. The van der Waals surface area contributed by atoms with Crippen molar-refractivity contribution in [2.45, 2.75) is 12.5 Å². The predicted molar refractivity (Wildman–Crippen MR) is 83.4 cm³/mol. The second-order valence-corrected chi connectivity index (χ2v) is 5.40. The van der Waals surface area contributed by atoms with Crippen LogP contribution in [-0.2, 0) is 0 Å². The summed E-state index contributed by atoms with van der Waals surface area (Å²) in [5.74, 6) is 1.09. The summed E-state index contributed by atoms with van der Waals surface area (Å²) in [5.41, 5.74) is 8.24. The lowest BCUT2D eigenvalue weighted by molar-refractivity contribution is 0.615. The second-order valence-electron chi connectivity index (χ2n) is 5.40. The molecule has 3 heterocycles. The maximum Gasteiger partial charge on any atom is 0.222 e. The van der Waals surface area contributed by atoms with Crippen molar-refractivity contribution in [3.05, 3.63) is 24.3 Å². The van der Waals surface area contributed by atoms with Gasteiger partial charge < -0.3 is 20.4 Å². The lowest BCUT2D eigenvalue weighted by atomic mass is 10.2. The van der Waals surface area contributed by atoms with Crippen molar-refractivity contribution >= 4 is 33.8 Å². The van der Waals surface area contributed by atoms with Crippen molar-refractivity contribution in [2.75, 3.05) is 30.8 Å². The van der Waals surface area contributed by atoms with Crippen molar-refractivity contribution < 1.29 is 4.42 Å². The fraction of sp³-hybridized carbons (Fsp3) is 0.333. The highest BCUT2D eigenvalue weighted by atomic mass is 16.3. The molecule has 108 valence electrons. The molecule has 0 unspecified atom stereocenters. The molecule has 0 amide bonds. The Morgan fingerprint density at radius 2 is 2.19 bits per heavy atom. The van der Waals surface area contributed by atoms with Gasteiger partial charge >= 0.3 is 0 Å². The van der Waals surface area contributed by atoms with Gasteiger partial charge in [-0.2, -0.15) is 4.98 Å². The Morgan fingerprint density at radius 3 is 3.00 bits per heavy atom. The molecule has 1 atom stereocenters. The van der Waals surface area contributed by atoms with Crippen LogP contribution >= 0.6 is 0 Å². The standard InChI is InChI=1S/C15H17N5O/c1-17-9-6-7-20(8-9)14-13-12(18-15(16)19-14)10-4-2-3-5-11(10)21-13/h2-5,9,17H,6-8H2,1H3,(H2,16,18,19)/t9-/m0/s1. The summed E-state index contributed by atoms with van der Waals surface area (Å²) in [6.45, 7) is 1.84. The van der Waals surface area contributed by atoms with Crippen LogP contribution in [-0.4, -0.2) is 36.1 Å². The van der Waals surface area contributed by atoms with Gasteiger partial charge in [0.05, 0.1) is 0 Å². The summed E-state index contributed by atoms with van der Waals surface area (Å²) in [4.78, 5) is 11.0. The Bertz CT molecular complexity index is 812. The van der Waals surface area contributed by atoms with Crippen molar-refractivity contribution in [3.8, 4) is 0 Å². The molecule has 3 aromatic rings. The Balaban J connectivity index is 1.92. The van der Waals surface area contributed by atoms with E-state index >= 15 is 0 Å². The fourth-order valence-electron chi connectivity index (χ4n) is 3.00. The zero-order valence-electron chi connectivity index (χ0n) is 11.8. The summed E-state index contributed by atoms with van der Waals surface area (Å²) in [5, 5.41) is 4.28. The molecule has 4 rings (SSSR count). The number of nitrogens with zero attached hydrogens (tertiary/aromatic N) is 3. The molecule has 0 saturated carbocycles. The number of para-hydroxylation sites is 1. The molecule has 1 aliphatic rings. The zero-order valence-corrected chi connectivity index (χ0v) is 11.8. The highest BCUT2D eigenvalue weighted by Crippen LogP contribution is 2.34. The number of benzene rings is 1. The molecular weight excluding hydrogens is 266 g/mol. The molecule has 21 heavy (non-hydrogen) atoms. The summed E-state index contributed by atoms with van der Waals surface area (Å²) < 4.78 is 5.98. The van der Waals surface area contributed by atoms with Gasteiger partial charge in [0, 0.05) is 24.5 Å². The fourth-order valence-corrected chi connectivity index (χ4v) is 3.00. The Morgan fingerprint density at radius 1 is 1.33 bits per heavy atom. The minimum atomic E-state index is 0.289. The average molecular weight is 283 g/mol. The average Bonchev–Trinajstić information content (AvgIpc) is 3.11. The highest BCUT2D eigenvalue weighted by molar-refractivity contribution is 6.06. The van der Waals surface area contributed by atoms with E-state index in [-0.39, 0.29) is 5.95 Å². The lowest BCUT2D eigenvalue weighted by Gasteiger charge is -2.17. The van der Waals surface area contributed by atoms with Crippen LogP contribution in [0.3, 0.4) is 0 Å². The van der Waals surface area contributed by atoms with Crippen LogP contribution in [0.4, 0.5) is 11.8 Å². The minimum absolute atomic E-state index is 0.289. The Labute approximate surface area is 121 Å². The highest BCUT2D eigenvalue weighted by Gasteiger charge is 2.26. The summed E-state index contributed by atoms with van der Waals surface area (Å²) in [6.07, 6.45) is 1.09. The lowest BCUT2D eigenvalue weighted by Crippen LogP contribution is -2.30. The van der Waals surface area contributed by atoms with Gasteiger partial charge in [0.15, 0.2) is 11.4 Å². The molecule has 0 aliphatic carbocycles. The van der Waals surface area contributed by atoms with Gasteiger partial charge in [0.2, 0.25) is 5.95 Å². The molecule has 0 spiro atoms. The van der Waals surface area contributed by atoms with E-state index in [2.05, 4.69) is 20.2 Å². The van der Waals surface area contributed by atoms with Crippen LogP contribution in [0.25, 0.3) is 22.1 Å². The van der Waals surface area contributed by atoms with Crippen molar-refractivity contribution in [1.29, 1.82) is 0 Å². The zero-order chi connectivity index (χ0) is 14.4. The summed E-state index contributed by atoms with van der Waals surface area (Å²) >= 11 is 0. The number of hydrogen-bond acceptors (Lipinski definition) is 6. The largest absolute Gasteiger partial charge is 0.450 e. The van der Waals surface area contributed by atoms with E-state index in [1.165, 1.54) is 0 Å². The van der Waals surface area contributed by atoms with E-state index in [0.717, 1.165) is 47.4 Å². The van der Waals surface area contributed by atoms with Gasteiger partial charge in [0.25, 0.3) is 0 Å². The van der Waals surface area contributed by atoms with Crippen molar-refractivity contribution in [3.63, 3.8) is 0 Å². The third-order valence-corrected chi connectivity index (χ3v) is 4.12. The van der Waals surface area contributed by atoms with Gasteiger partial charge in [-0.25, -0.2) is 4.98 Å². The molecule has 6 nitrogen and oxygen atoms in total. The number of nitrogen functional groups attached to an aromatic ring is 1. The van der Waals surface area contributed by atoms with E-state index in [1.807, 2.05) is 31.3 Å². The topological polar surface area (TPSA) is 80.2 Å². The van der Waals surface area contributed by atoms with Crippen molar-refractivity contribution in [2.24, 2.45) is 0 Å². The summed E-state index contributed by atoms with van der Waals surface area (Å²) in [7, 11) is 1.99. The third-order valence-electron chi connectivity index (χ3n) is 4.12. The van der Waals surface area contributed by atoms with Crippen LogP contribution < -0.4 is 16.0 Å². The van der Waals surface area contributed by atoms with E-state index in [9.17, 15) is 0 Å². The SMILES string of the molecule is CN[C@H]1CCN(c2nc(N)nc3c2oc2ccccc23)C1. The van der Waals surface area contributed by atoms with Gasteiger partial charge in [-0.15, -0.1) is 0 Å². The van der Waals surface area contributed by atoms with Gasteiger partial charge in [0.1, 0.15) is 11.1 Å². The maximum absolute atomic E-state index is 5.98. The molecule has 1 aromatic carbocycles. The van der Waals surface area contributed by atoms with Crippen LogP contribution in [0.15, 0.2) is 28.7 Å². The Hall–Kier alpha value is -2.34. The number of anilines is 2. The molecule has 3 N–H and O–H groups in total. The first-order valence-corrected chi connectivity index (χ1v) is 7.13. The quantitative estimate of drug-likeness (QED) is 0.746. The molecule has 0 radical (unpaired) electrons. The van der Waals surface area contributed by atoms with E-state index in [0.29, 0.717) is 6.04 Å². The summed E-state index contributed by atoms with van der Waals surface area (Å²) in [6, 6.07) is 8.34. The molecule has 1 fully saturated rings. The van der Waals surface area contributed by atoms with Gasteiger partial charge in [-0.3, -0.25) is 0 Å². The molecule has 2 aromatic heterocycles. The molecular formula is C15H17N5O. The molecule has 1 saturated heterocycles. The van der Waals surface area contributed by atoms with Gasteiger partial charge in [-0.1, -0.05) is 12.1 Å². The third kappa shape index (κ3) is 1.91. The smallest absolute Gasteiger partial charge is 0.222 e. The van der Waals surface area contributed by atoms with E-state index in [1.54, 1.807) is 0 Å². The number of aromatic nitrogens is 2. The van der Waals surface area contributed by atoms with Crippen molar-refractivity contribution in [1.82, 2.24) is 15.3 Å². The number of nitrogens with one attached hydrogen (secondary N) is 1. The van der Waals surface area contributed by atoms with E-state index in [4.69, 9.17) is 10.2 Å². The normalized spacial score (nSPS) is 18.9. The molecule has 1 aliphatic heterocycles. The number of hydrogen-bond donors (Lipinski definition) is 2. The minimum Gasteiger partial charge on any atom is -0.450 e. The first-order chi connectivity index (χ1) is 10.3. The number of likely N-dealkylation sites (N-methyl/N-ethyl adjacent to an activating group) is 1. The number of fused-ring (bicyclic) bond motifs is 3. The van der Waals surface area contributed by atoms with Crippen LogP contribution in [0.2, 0.25) is 0 Å². The maximum atomic E-state index is 5.98. The number of nitrogens with two attached hydrogens (primary N) is 1. The second kappa shape index (κ2) is 4.60. The molecule has 6 heteroatoms. The van der Waals surface area contributed by atoms with Gasteiger partial charge in [-0.05, 0) is 25.6 Å². The first kappa shape index (κ1) is 12.4.